The van der Waals surface area contributed by atoms with Crippen LogP contribution in [0.2, 0.25) is 0 Å². The van der Waals surface area contributed by atoms with E-state index < -0.39 is 10.7 Å². The summed E-state index contributed by atoms with van der Waals surface area (Å²) < 4.78 is 4.43. The molecule has 0 amide bonds. The molecule has 3 nitrogen and oxygen atoms in total. The molecule has 0 radical (unpaired) electrons. The van der Waals surface area contributed by atoms with E-state index in [0.29, 0.717) is 18.5 Å². The average molecular weight is 216 g/mol. The predicted molar refractivity (Wildman–Crippen MR) is 55.6 cm³/mol. The highest BCUT2D eigenvalue weighted by molar-refractivity contribution is 8.02. The monoisotopic (exact) mass is 216 g/mol. The molecule has 2 fully saturated rings. The van der Waals surface area contributed by atoms with Gasteiger partial charge in [0.2, 0.25) is 0 Å². The van der Waals surface area contributed by atoms with Crippen molar-refractivity contribution in [2.75, 3.05) is 13.2 Å². The zero-order chi connectivity index (χ0) is 10.0. The van der Waals surface area contributed by atoms with Crippen LogP contribution >= 0.6 is 11.8 Å². The lowest BCUT2D eigenvalue weighted by Gasteiger charge is -2.39. The molecule has 0 aromatic carbocycles. The van der Waals surface area contributed by atoms with Crippen molar-refractivity contribution in [2.24, 2.45) is 0 Å². The van der Waals surface area contributed by atoms with Crippen LogP contribution in [0.4, 0.5) is 0 Å². The van der Waals surface area contributed by atoms with Gasteiger partial charge < -0.3 is 9.84 Å². The van der Waals surface area contributed by atoms with Gasteiger partial charge in [0.15, 0.2) is 4.75 Å². The number of ether oxygens (including phenoxy) is 1. The Balaban J connectivity index is 1.90. The summed E-state index contributed by atoms with van der Waals surface area (Å²) in [6.07, 6.45) is 6.19. The lowest BCUT2D eigenvalue weighted by molar-refractivity contribution is -0.151. The first-order chi connectivity index (χ1) is 6.73. The van der Waals surface area contributed by atoms with E-state index in [9.17, 15) is 4.79 Å². The second-order valence-corrected chi connectivity index (χ2v) is 5.85. The lowest BCUT2D eigenvalue weighted by Crippen LogP contribution is -2.54. The maximum atomic E-state index is 11.1. The van der Waals surface area contributed by atoms with Crippen molar-refractivity contribution in [1.82, 2.24) is 0 Å². The minimum absolute atomic E-state index is 0.392. The number of thioether (sulfide) groups is 1. The number of aliphatic carboxylic acids is 1. The third-order valence-corrected chi connectivity index (χ3v) is 4.67. The Morgan fingerprint density at radius 3 is 2.36 bits per heavy atom. The van der Waals surface area contributed by atoms with Gasteiger partial charge in [-0.2, -0.15) is 0 Å². The lowest BCUT2D eigenvalue weighted by atomic mass is 10.0. The largest absolute Gasteiger partial charge is 0.480 e. The van der Waals surface area contributed by atoms with Gasteiger partial charge in [-0.25, -0.2) is 0 Å². The van der Waals surface area contributed by atoms with E-state index in [1.807, 2.05) is 0 Å². The molecule has 1 aliphatic heterocycles. The van der Waals surface area contributed by atoms with E-state index in [2.05, 4.69) is 0 Å². The van der Waals surface area contributed by atoms with Gasteiger partial charge in [0.05, 0.1) is 13.2 Å². The van der Waals surface area contributed by atoms with Gasteiger partial charge in [0.25, 0.3) is 0 Å². The Kier molecular flexibility index (Phi) is 3.02. The molecule has 1 aliphatic carbocycles. The SMILES string of the molecule is O=C(O)C1(SC2CCCCC2)COC1. The van der Waals surface area contributed by atoms with Crippen molar-refractivity contribution in [3.05, 3.63) is 0 Å². The smallest absolute Gasteiger partial charge is 0.324 e. The normalized spacial score (nSPS) is 26.9. The Morgan fingerprint density at radius 2 is 1.93 bits per heavy atom. The fourth-order valence-electron chi connectivity index (χ4n) is 2.03. The molecule has 80 valence electrons. The third kappa shape index (κ3) is 1.91. The minimum Gasteiger partial charge on any atom is -0.480 e. The van der Waals surface area contributed by atoms with Crippen LogP contribution in [0.1, 0.15) is 32.1 Å². The molecule has 0 bridgehead atoms. The number of carboxylic acid groups (broad SMARTS) is 1. The number of hydrogen-bond acceptors (Lipinski definition) is 3. The Morgan fingerprint density at radius 1 is 1.29 bits per heavy atom. The zero-order valence-corrected chi connectivity index (χ0v) is 9.02. The van der Waals surface area contributed by atoms with Gasteiger partial charge >= 0.3 is 5.97 Å². The van der Waals surface area contributed by atoms with Crippen molar-refractivity contribution >= 4 is 17.7 Å². The highest BCUT2D eigenvalue weighted by Gasteiger charge is 2.48. The van der Waals surface area contributed by atoms with Gasteiger partial charge in [-0.15, -0.1) is 11.8 Å². The minimum atomic E-state index is -0.695. The van der Waals surface area contributed by atoms with Crippen molar-refractivity contribution in [2.45, 2.75) is 42.1 Å². The number of carbonyl (C=O) groups is 1. The molecule has 1 saturated carbocycles. The van der Waals surface area contributed by atoms with Crippen LogP contribution in [0.3, 0.4) is 0 Å². The van der Waals surface area contributed by atoms with Crippen LogP contribution in [-0.2, 0) is 9.53 Å². The van der Waals surface area contributed by atoms with Gasteiger partial charge in [-0.3, -0.25) is 4.79 Å². The van der Waals surface area contributed by atoms with Crippen LogP contribution in [0.15, 0.2) is 0 Å². The maximum Gasteiger partial charge on any atom is 0.324 e. The highest BCUT2D eigenvalue weighted by Crippen LogP contribution is 2.41. The van der Waals surface area contributed by atoms with Crippen LogP contribution in [0, 0.1) is 0 Å². The van der Waals surface area contributed by atoms with E-state index in [1.54, 1.807) is 11.8 Å². The molecule has 0 aromatic rings. The molecule has 2 aliphatic rings. The molecule has 14 heavy (non-hydrogen) atoms. The average Bonchev–Trinajstić information content (AvgIpc) is 2.12. The molecule has 1 heterocycles. The first kappa shape index (κ1) is 10.3. The van der Waals surface area contributed by atoms with Crippen LogP contribution in [0.25, 0.3) is 0 Å². The summed E-state index contributed by atoms with van der Waals surface area (Å²) >= 11 is 1.64. The van der Waals surface area contributed by atoms with Gasteiger partial charge in [-0.1, -0.05) is 19.3 Å². The second-order valence-electron chi connectivity index (χ2n) is 4.17. The summed E-state index contributed by atoms with van der Waals surface area (Å²) in [7, 11) is 0. The quantitative estimate of drug-likeness (QED) is 0.782. The van der Waals surface area contributed by atoms with Gasteiger partial charge in [-0.05, 0) is 12.8 Å². The summed E-state index contributed by atoms with van der Waals surface area (Å²) in [6.45, 7) is 0.785. The fourth-order valence-corrected chi connectivity index (χ4v) is 3.64. The Bertz CT molecular complexity index is 219. The van der Waals surface area contributed by atoms with Crippen LogP contribution < -0.4 is 0 Å². The summed E-state index contributed by atoms with van der Waals surface area (Å²) in [5.41, 5.74) is 0. The molecule has 0 aromatic heterocycles. The topological polar surface area (TPSA) is 46.5 Å². The first-order valence-corrected chi connectivity index (χ1v) is 6.10. The molecule has 4 heteroatoms. The van der Waals surface area contributed by atoms with Crippen molar-refractivity contribution in [3.63, 3.8) is 0 Å². The second kappa shape index (κ2) is 4.11. The van der Waals surface area contributed by atoms with E-state index in [4.69, 9.17) is 9.84 Å². The Hall–Kier alpha value is -0.220. The molecule has 0 unspecified atom stereocenters. The molecule has 0 spiro atoms. The van der Waals surface area contributed by atoms with E-state index in [0.717, 1.165) is 0 Å². The molecule has 1 saturated heterocycles. The number of carboxylic acids is 1. The summed E-state index contributed by atoms with van der Waals surface area (Å²) in [5, 5.41) is 9.66. The summed E-state index contributed by atoms with van der Waals surface area (Å²) in [6, 6.07) is 0. The maximum absolute atomic E-state index is 11.1. The van der Waals surface area contributed by atoms with E-state index in [-0.39, 0.29) is 0 Å². The number of hydrogen-bond donors (Lipinski definition) is 1. The van der Waals surface area contributed by atoms with Crippen LogP contribution in [-0.4, -0.2) is 34.3 Å². The predicted octanol–water partition coefficient (Wildman–Crippen LogP) is 1.91. The first-order valence-electron chi connectivity index (χ1n) is 5.22. The van der Waals surface area contributed by atoms with Crippen molar-refractivity contribution in [1.29, 1.82) is 0 Å². The van der Waals surface area contributed by atoms with Gasteiger partial charge in [0.1, 0.15) is 0 Å². The standard InChI is InChI=1S/C10H16O3S/c11-9(12)10(6-13-7-10)14-8-4-2-1-3-5-8/h8H,1-7H2,(H,11,12). The molecular weight excluding hydrogens is 200 g/mol. The molecular formula is C10H16O3S. The molecule has 2 rings (SSSR count). The summed E-state index contributed by atoms with van der Waals surface area (Å²) in [4.78, 5) is 11.1. The fraction of sp³-hybridized carbons (Fsp3) is 0.900. The van der Waals surface area contributed by atoms with Gasteiger partial charge in [0, 0.05) is 5.25 Å². The van der Waals surface area contributed by atoms with Crippen molar-refractivity contribution in [3.8, 4) is 0 Å². The highest BCUT2D eigenvalue weighted by atomic mass is 32.2. The third-order valence-electron chi connectivity index (χ3n) is 3.00. The molecule has 1 N–H and O–H groups in total. The van der Waals surface area contributed by atoms with Crippen LogP contribution in [0.5, 0.6) is 0 Å². The van der Waals surface area contributed by atoms with E-state index >= 15 is 0 Å². The zero-order valence-electron chi connectivity index (χ0n) is 8.20. The summed E-state index contributed by atoms with van der Waals surface area (Å²) in [5.74, 6) is -0.695. The number of rotatable bonds is 3. The Labute approximate surface area is 88.2 Å². The molecule has 0 atom stereocenters. The van der Waals surface area contributed by atoms with Crippen molar-refractivity contribution < 1.29 is 14.6 Å². The van der Waals surface area contributed by atoms with E-state index in [1.165, 1.54) is 32.1 Å².